The molecule has 0 saturated heterocycles. The van der Waals surface area contributed by atoms with Crippen molar-refractivity contribution in [1.29, 1.82) is 0 Å². The molecule has 0 amide bonds. The van der Waals surface area contributed by atoms with Crippen LogP contribution in [0.2, 0.25) is 0 Å². The van der Waals surface area contributed by atoms with Gasteiger partial charge in [0.2, 0.25) is 0 Å². The molecule has 2 heteroatoms. The van der Waals surface area contributed by atoms with Crippen LogP contribution in [0.5, 0.6) is 0 Å². The van der Waals surface area contributed by atoms with Crippen molar-refractivity contribution in [3.8, 4) is 0 Å². The van der Waals surface area contributed by atoms with E-state index in [9.17, 15) is 0 Å². The average molecular weight is 86.2 g/mol. The van der Waals surface area contributed by atoms with Gasteiger partial charge in [0.05, 0.1) is 15.6 Å². The maximum atomic E-state index is 8.17. The Morgan fingerprint density at radius 1 is 2.00 bits per heavy atom. The van der Waals surface area contributed by atoms with E-state index in [4.69, 9.17) is 5.11 Å². The maximum Gasteiger partial charge on any atom is 0.0994 e. The van der Waals surface area contributed by atoms with Gasteiger partial charge in [0.15, 0.2) is 0 Å². The monoisotopic (exact) mass is 86.0 g/mol. The van der Waals surface area contributed by atoms with Crippen molar-refractivity contribution in [1.82, 2.24) is 0 Å². The molecule has 0 aliphatic rings. The van der Waals surface area contributed by atoms with E-state index in [-0.39, 0.29) is 5.38 Å². The van der Waals surface area contributed by atoms with Crippen molar-refractivity contribution >= 4 is 10.2 Å². The number of aliphatic hydroxyl groups is 1. The summed E-state index contributed by atoms with van der Waals surface area (Å²) in [5.41, 5.74) is 2.31. The molecule has 0 fully saturated rings. The molecule has 0 atom stereocenters. The summed E-state index contributed by atoms with van der Waals surface area (Å²) in [7, 11) is 0.668. The van der Waals surface area contributed by atoms with Gasteiger partial charge in [0.1, 0.15) is 0 Å². The van der Waals surface area contributed by atoms with Gasteiger partial charge in [-0.2, -0.15) is 0 Å². The molecule has 0 radical (unpaired) electrons. The predicted octanol–water partition coefficient (Wildman–Crippen LogP) is -0.464. The molecule has 0 rings (SSSR count). The van der Waals surface area contributed by atoms with Crippen molar-refractivity contribution in [2.45, 2.75) is 0 Å². The van der Waals surface area contributed by atoms with Crippen molar-refractivity contribution in [3.63, 3.8) is 0 Å². The molecule has 0 aliphatic carbocycles. The molecule has 0 aromatic carbocycles. The van der Waals surface area contributed by atoms with E-state index in [1.165, 1.54) is 0 Å². The third-order valence-electron chi connectivity index (χ3n) is 0.256. The Bertz CT molecular complexity index is 67.0. The summed E-state index contributed by atoms with van der Waals surface area (Å²) in [6, 6.07) is 0. The Hall–Kier alpha value is -0.463. The smallest absolute Gasteiger partial charge is 0.0994 e. The summed E-state index contributed by atoms with van der Waals surface area (Å²) in [5, 5.41) is 8.45. The van der Waals surface area contributed by atoms with Crippen LogP contribution in [0.3, 0.4) is 0 Å². The predicted molar refractivity (Wildman–Crippen MR) is 25.2 cm³/mol. The SMILES string of the molecule is C=C=C(O)[SiH3]. The molecule has 1 nitrogen and oxygen atoms in total. The second kappa shape index (κ2) is 1.82. The summed E-state index contributed by atoms with van der Waals surface area (Å²) < 4.78 is 0. The van der Waals surface area contributed by atoms with Gasteiger partial charge >= 0.3 is 0 Å². The summed E-state index contributed by atoms with van der Waals surface area (Å²) >= 11 is 0. The first kappa shape index (κ1) is 4.54. The zero-order valence-corrected chi connectivity index (χ0v) is 5.15. The molecule has 0 aliphatic heterocycles. The van der Waals surface area contributed by atoms with E-state index in [1.807, 2.05) is 0 Å². The van der Waals surface area contributed by atoms with Crippen LogP contribution in [0.15, 0.2) is 17.7 Å². The molecular weight excluding hydrogens is 80.1 g/mol. The fraction of sp³-hybridized carbons (Fsp3) is 0. The summed E-state index contributed by atoms with van der Waals surface area (Å²) in [6.45, 7) is 3.18. The van der Waals surface area contributed by atoms with Gasteiger partial charge in [-0.25, -0.2) is 0 Å². The van der Waals surface area contributed by atoms with E-state index in [0.29, 0.717) is 10.2 Å². The summed E-state index contributed by atoms with van der Waals surface area (Å²) in [4.78, 5) is 0. The lowest BCUT2D eigenvalue weighted by Gasteiger charge is -1.69. The molecule has 5 heavy (non-hydrogen) atoms. The topological polar surface area (TPSA) is 20.2 Å². The zero-order valence-electron chi connectivity index (χ0n) is 3.15. The lowest BCUT2D eigenvalue weighted by Crippen LogP contribution is -1.67. The van der Waals surface area contributed by atoms with Crippen molar-refractivity contribution < 1.29 is 5.11 Å². The Morgan fingerprint density at radius 3 is 2.20 bits per heavy atom. The molecule has 0 saturated carbocycles. The van der Waals surface area contributed by atoms with Gasteiger partial charge in [-0.05, 0) is 0 Å². The van der Waals surface area contributed by atoms with Crippen LogP contribution in [0.25, 0.3) is 0 Å². The Balaban J connectivity index is 3.60. The molecule has 0 heterocycles. The lowest BCUT2D eigenvalue weighted by molar-refractivity contribution is 0.453. The quantitative estimate of drug-likeness (QED) is 0.240. The van der Waals surface area contributed by atoms with Crippen molar-refractivity contribution in [2.24, 2.45) is 0 Å². The van der Waals surface area contributed by atoms with E-state index >= 15 is 0 Å². The zero-order chi connectivity index (χ0) is 4.28. The average Bonchev–Trinajstić information content (AvgIpc) is 1.38. The fourth-order valence-electron chi connectivity index (χ4n) is 0. The van der Waals surface area contributed by atoms with Crippen LogP contribution in [-0.2, 0) is 0 Å². The number of hydrogen-bond donors (Lipinski definition) is 1. The van der Waals surface area contributed by atoms with Gasteiger partial charge in [-0.3, -0.25) is 0 Å². The minimum atomic E-state index is 0.282. The number of rotatable bonds is 0. The van der Waals surface area contributed by atoms with Crippen molar-refractivity contribution in [3.05, 3.63) is 17.7 Å². The Labute approximate surface area is 34.1 Å². The second-order valence-electron chi connectivity index (χ2n) is 0.762. The van der Waals surface area contributed by atoms with Crippen LogP contribution in [0, 0.1) is 0 Å². The molecule has 28 valence electrons. The standard InChI is InChI=1S/C3H6OSi/c1-2-3(4)5/h4H,1H2,5H3. The van der Waals surface area contributed by atoms with Crippen LogP contribution in [0.4, 0.5) is 0 Å². The molecule has 0 unspecified atom stereocenters. The molecule has 0 bridgehead atoms. The van der Waals surface area contributed by atoms with E-state index in [2.05, 4.69) is 12.3 Å². The highest BCUT2D eigenvalue weighted by atomic mass is 28.1. The first-order valence-electron chi connectivity index (χ1n) is 1.33. The van der Waals surface area contributed by atoms with Crippen LogP contribution >= 0.6 is 0 Å². The second-order valence-corrected chi connectivity index (χ2v) is 1.71. The highest BCUT2D eigenvalue weighted by Crippen LogP contribution is 1.62. The van der Waals surface area contributed by atoms with Gasteiger partial charge in [-0.1, -0.05) is 12.3 Å². The Kier molecular flexibility index (Phi) is 1.65. The number of hydrogen-bond acceptors (Lipinski definition) is 1. The third kappa shape index (κ3) is 3.54. The summed E-state index contributed by atoms with van der Waals surface area (Å²) in [6.07, 6.45) is 0. The first-order chi connectivity index (χ1) is 2.27. The Morgan fingerprint density at radius 2 is 2.20 bits per heavy atom. The third-order valence-corrected chi connectivity index (χ3v) is 0.609. The van der Waals surface area contributed by atoms with Crippen LogP contribution in [0.1, 0.15) is 0 Å². The van der Waals surface area contributed by atoms with E-state index < -0.39 is 0 Å². The largest absolute Gasteiger partial charge is 0.511 e. The normalized spacial score (nSPS) is 6.40. The van der Waals surface area contributed by atoms with Crippen molar-refractivity contribution in [2.75, 3.05) is 0 Å². The van der Waals surface area contributed by atoms with Gasteiger partial charge in [0.25, 0.3) is 0 Å². The first-order valence-corrected chi connectivity index (χ1v) is 2.33. The van der Waals surface area contributed by atoms with Gasteiger partial charge in [-0.15, -0.1) is 0 Å². The number of aliphatic hydroxyl groups excluding tert-OH is 1. The lowest BCUT2D eigenvalue weighted by atomic mass is 10.9. The minimum absolute atomic E-state index is 0.282. The minimum Gasteiger partial charge on any atom is -0.511 e. The highest BCUT2D eigenvalue weighted by Gasteiger charge is 1.60. The molecular formula is C3H6OSi. The molecule has 0 aromatic heterocycles. The molecule has 1 N–H and O–H groups in total. The molecule has 0 aromatic rings. The van der Waals surface area contributed by atoms with E-state index in [0.717, 1.165) is 0 Å². The maximum absolute atomic E-state index is 8.17. The van der Waals surface area contributed by atoms with Gasteiger partial charge in [0, 0.05) is 0 Å². The highest BCUT2D eigenvalue weighted by molar-refractivity contribution is 6.19. The summed E-state index contributed by atoms with van der Waals surface area (Å²) in [5.74, 6) is 0. The van der Waals surface area contributed by atoms with Gasteiger partial charge < -0.3 is 5.11 Å². The molecule has 0 spiro atoms. The van der Waals surface area contributed by atoms with Crippen LogP contribution in [-0.4, -0.2) is 15.3 Å². The van der Waals surface area contributed by atoms with Crippen LogP contribution < -0.4 is 0 Å². The van der Waals surface area contributed by atoms with E-state index in [1.54, 1.807) is 0 Å². The fourth-order valence-corrected chi connectivity index (χ4v) is 0.